The molecule has 0 amide bonds. The lowest BCUT2D eigenvalue weighted by Gasteiger charge is -2.00. The van der Waals surface area contributed by atoms with Crippen LogP contribution in [0.2, 0.25) is 5.02 Å². The van der Waals surface area contributed by atoms with Crippen molar-refractivity contribution in [1.82, 2.24) is 9.97 Å². The fraction of sp³-hybridized carbons (Fsp3) is 0. The molecule has 2 N–H and O–H groups in total. The summed E-state index contributed by atoms with van der Waals surface area (Å²) in [6.07, 6.45) is 1.60. The van der Waals surface area contributed by atoms with Gasteiger partial charge >= 0.3 is 0 Å². The SMILES string of the molecule is Oc1[nH]c2ccc(F)cc2c1N=Nc1ccnc2cc(Cl)ccc12. The number of pyridine rings is 1. The van der Waals surface area contributed by atoms with Crippen molar-refractivity contribution in [3.05, 3.63) is 59.5 Å². The molecule has 0 radical (unpaired) electrons. The van der Waals surface area contributed by atoms with Gasteiger partial charge in [-0.15, -0.1) is 10.2 Å². The Kier molecular flexibility index (Phi) is 3.39. The molecule has 0 aliphatic carbocycles. The highest BCUT2D eigenvalue weighted by atomic mass is 35.5. The van der Waals surface area contributed by atoms with Crippen molar-refractivity contribution in [2.75, 3.05) is 0 Å². The Morgan fingerprint density at radius 1 is 1.04 bits per heavy atom. The molecule has 2 aromatic heterocycles. The van der Waals surface area contributed by atoms with E-state index in [2.05, 4.69) is 20.2 Å². The molecule has 0 saturated carbocycles. The van der Waals surface area contributed by atoms with Crippen LogP contribution in [0.1, 0.15) is 0 Å². The van der Waals surface area contributed by atoms with Crippen LogP contribution in [0.25, 0.3) is 21.8 Å². The van der Waals surface area contributed by atoms with E-state index in [0.717, 1.165) is 5.39 Å². The van der Waals surface area contributed by atoms with Crippen LogP contribution in [0.4, 0.5) is 15.8 Å². The average Bonchev–Trinajstić information content (AvgIpc) is 2.87. The third-order valence-corrected chi connectivity index (χ3v) is 3.89. The number of hydrogen-bond acceptors (Lipinski definition) is 4. The van der Waals surface area contributed by atoms with E-state index < -0.39 is 5.82 Å². The van der Waals surface area contributed by atoms with Crippen LogP contribution >= 0.6 is 11.6 Å². The van der Waals surface area contributed by atoms with Gasteiger partial charge in [0.2, 0.25) is 5.88 Å². The van der Waals surface area contributed by atoms with Gasteiger partial charge in [0.15, 0.2) is 5.69 Å². The normalized spacial score (nSPS) is 11.8. The van der Waals surface area contributed by atoms with Crippen LogP contribution in [0.3, 0.4) is 0 Å². The Labute approximate surface area is 140 Å². The lowest BCUT2D eigenvalue weighted by molar-refractivity contribution is 0.459. The van der Waals surface area contributed by atoms with Crippen molar-refractivity contribution in [2.24, 2.45) is 10.2 Å². The molecule has 2 heterocycles. The fourth-order valence-electron chi connectivity index (χ4n) is 2.53. The summed E-state index contributed by atoms with van der Waals surface area (Å²) in [7, 11) is 0. The number of hydrogen-bond donors (Lipinski definition) is 2. The van der Waals surface area contributed by atoms with Gasteiger partial charge in [-0.25, -0.2) is 4.39 Å². The van der Waals surface area contributed by atoms with E-state index in [0.29, 0.717) is 27.1 Å². The van der Waals surface area contributed by atoms with E-state index in [1.165, 1.54) is 18.2 Å². The number of nitrogens with zero attached hydrogens (tertiary/aromatic N) is 3. The van der Waals surface area contributed by atoms with Crippen LogP contribution in [0, 0.1) is 5.82 Å². The smallest absolute Gasteiger partial charge is 0.218 e. The predicted octanol–water partition coefficient (Wildman–Crippen LogP) is 5.63. The lowest BCUT2D eigenvalue weighted by atomic mass is 10.2. The van der Waals surface area contributed by atoms with Crippen LogP contribution in [-0.2, 0) is 0 Å². The van der Waals surface area contributed by atoms with E-state index in [4.69, 9.17) is 11.6 Å². The van der Waals surface area contributed by atoms with Crippen LogP contribution < -0.4 is 0 Å². The number of rotatable bonds is 2. The molecule has 0 aliphatic heterocycles. The second-order valence-electron chi connectivity index (χ2n) is 5.20. The Bertz CT molecular complexity index is 1110. The van der Waals surface area contributed by atoms with Crippen LogP contribution in [0.5, 0.6) is 5.88 Å². The minimum atomic E-state index is -0.415. The number of H-pyrrole nitrogens is 1. The maximum atomic E-state index is 13.4. The van der Waals surface area contributed by atoms with Gasteiger partial charge in [-0.2, -0.15) is 0 Å². The molecule has 0 bridgehead atoms. The molecule has 24 heavy (non-hydrogen) atoms. The molecule has 4 rings (SSSR count). The first-order valence-corrected chi connectivity index (χ1v) is 7.46. The maximum Gasteiger partial charge on any atom is 0.218 e. The van der Waals surface area contributed by atoms with Crippen molar-refractivity contribution >= 4 is 44.8 Å². The fourth-order valence-corrected chi connectivity index (χ4v) is 2.70. The molecule has 2 aromatic carbocycles. The number of nitrogens with one attached hydrogen (secondary N) is 1. The van der Waals surface area contributed by atoms with Gasteiger partial charge in [-0.1, -0.05) is 11.6 Å². The summed E-state index contributed by atoms with van der Waals surface area (Å²) in [5.74, 6) is -0.581. The second kappa shape index (κ2) is 5.58. The molecule has 0 aliphatic rings. The summed E-state index contributed by atoms with van der Waals surface area (Å²) in [5.41, 5.74) is 2.02. The number of aromatic nitrogens is 2. The molecule has 4 aromatic rings. The first-order chi connectivity index (χ1) is 11.6. The molecular formula is C17H10ClFN4O. The van der Waals surface area contributed by atoms with Crippen LogP contribution in [0.15, 0.2) is 58.9 Å². The largest absolute Gasteiger partial charge is 0.493 e. The number of benzene rings is 2. The Morgan fingerprint density at radius 2 is 1.92 bits per heavy atom. The van der Waals surface area contributed by atoms with Crippen molar-refractivity contribution in [3.63, 3.8) is 0 Å². The summed E-state index contributed by atoms with van der Waals surface area (Å²) in [6, 6.07) is 11.1. The maximum absolute atomic E-state index is 13.4. The third-order valence-electron chi connectivity index (χ3n) is 3.65. The topological polar surface area (TPSA) is 73.6 Å². The summed E-state index contributed by atoms with van der Waals surface area (Å²) in [4.78, 5) is 6.98. The molecule has 7 heteroatoms. The van der Waals surface area contributed by atoms with Crippen molar-refractivity contribution in [2.45, 2.75) is 0 Å². The Morgan fingerprint density at radius 3 is 2.79 bits per heavy atom. The highest BCUT2D eigenvalue weighted by Gasteiger charge is 2.11. The minimum absolute atomic E-state index is 0.166. The minimum Gasteiger partial charge on any atom is -0.493 e. The number of aromatic amines is 1. The van der Waals surface area contributed by atoms with Crippen molar-refractivity contribution in [1.29, 1.82) is 0 Å². The Balaban J connectivity index is 1.84. The highest BCUT2D eigenvalue weighted by Crippen LogP contribution is 2.37. The molecule has 0 fully saturated rings. The highest BCUT2D eigenvalue weighted by molar-refractivity contribution is 6.31. The van der Waals surface area contributed by atoms with Gasteiger partial charge in [-0.05, 0) is 42.5 Å². The van der Waals surface area contributed by atoms with E-state index in [1.807, 2.05) is 0 Å². The van der Waals surface area contributed by atoms with E-state index in [1.54, 1.807) is 30.5 Å². The number of aromatic hydroxyl groups is 1. The summed E-state index contributed by atoms with van der Waals surface area (Å²) in [6.45, 7) is 0. The molecule has 0 atom stereocenters. The van der Waals surface area contributed by atoms with E-state index in [9.17, 15) is 9.50 Å². The standard InChI is InChI=1S/C17H10ClFN4O/c18-9-1-3-11-14(5-6-20-15(11)7-9)22-23-16-12-8-10(19)2-4-13(12)21-17(16)24/h1-8,21,24H. The summed E-state index contributed by atoms with van der Waals surface area (Å²) < 4.78 is 13.4. The van der Waals surface area contributed by atoms with Gasteiger partial charge in [0.1, 0.15) is 5.82 Å². The number of azo groups is 1. The molecule has 0 spiro atoms. The molecule has 0 saturated heterocycles. The molecule has 0 unspecified atom stereocenters. The van der Waals surface area contributed by atoms with Gasteiger partial charge < -0.3 is 10.1 Å². The average molecular weight is 341 g/mol. The Hall–Kier alpha value is -2.99. The third kappa shape index (κ3) is 2.47. The molecule has 118 valence electrons. The molecular weight excluding hydrogens is 331 g/mol. The van der Waals surface area contributed by atoms with Gasteiger partial charge in [0, 0.05) is 22.0 Å². The number of fused-ring (bicyclic) bond motifs is 2. The zero-order valence-electron chi connectivity index (χ0n) is 12.2. The van der Waals surface area contributed by atoms with Crippen molar-refractivity contribution < 1.29 is 9.50 Å². The van der Waals surface area contributed by atoms with E-state index in [-0.39, 0.29) is 11.6 Å². The first-order valence-electron chi connectivity index (χ1n) is 7.08. The monoisotopic (exact) mass is 340 g/mol. The quantitative estimate of drug-likeness (QED) is 0.464. The zero-order chi connectivity index (χ0) is 16.7. The van der Waals surface area contributed by atoms with Gasteiger partial charge in [-0.3, -0.25) is 4.98 Å². The zero-order valence-corrected chi connectivity index (χ0v) is 12.9. The number of halogens is 2. The predicted molar refractivity (Wildman–Crippen MR) is 90.9 cm³/mol. The second-order valence-corrected chi connectivity index (χ2v) is 5.64. The lowest BCUT2D eigenvalue weighted by Crippen LogP contribution is -1.78. The summed E-state index contributed by atoms with van der Waals surface area (Å²) in [5, 5.41) is 20.1. The molecule has 5 nitrogen and oxygen atoms in total. The summed E-state index contributed by atoms with van der Waals surface area (Å²) >= 11 is 5.96. The van der Waals surface area contributed by atoms with Gasteiger partial charge in [0.05, 0.1) is 16.7 Å². The first kappa shape index (κ1) is 14.6. The van der Waals surface area contributed by atoms with Crippen LogP contribution in [-0.4, -0.2) is 15.1 Å². The van der Waals surface area contributed by atoms with Crippen molar-refractivity contribution in [3.8, 4) is 5.88 Å². The van der Waals surface area contributed by atoms with Gasteiger partial charge in [0.25, 0.3) is 0 Å². The van der Waals surface area contributed by atoms with E-state index >= 15 is 0 Å².